The zero-order valence-electron chi connectivity index (χ0n) is 14.9. The fourth-order valence-electron chi connectivity index (χ4n) is 4.43. The van der Waals surface area contributed by atoms with E-state index in [0.717, 1.165) is 22.0 Å². The Balaban J connectivity index is 0.00000196. The average molecular weight is 375 g/mol. The number of H-pyrrole nitrogens is 1. The molecule has 2 N–H and O–H groups in total. The molecule has 6 heteroatoms. The van der Waals surface area contributed by atoms with Crippen LogP contribution in [0.15, 0.2) is 35.9 Å². The van der Waals surface area contributed by atoms with E-state index in [4.69, 9.17) is 4.74 Å². The number of nitrogens with one attached hydrogen (secondary N) is 2. The highest BCUT2D eigenvalue weighted by atomic mass is 35.5. The van der Waals surface area contributed by atoms with Gasteiger partial charge < -0.3 is 15.0 Å². The van der Waals surface area contributed by atoms with Crippen LogP contribution in [0.4, 0.5) is 0 Å². The number of benzene rings is 1. The van der Waals surface area contributed by atoms with Crippen molar-refractivity contribution in [3.8, 4) is 0 Å². The number of para-hydroxylation sites is 1. The van der Waals surface area contributed by atoms with Gasteiger partial charge in [0.05, 0.1) is 18.7 Å². The molecule has 2 heterocycles. The summed E-state index contributed by atoms with van der Waals surface area (Å²) in [5.41, 5.74) is 3.78. The van der Waals surface area contributed by atoms with Gasteiger partial charge in [0.1, 0.15) is 0 Å². The van der Waals surface area contributed by atoms with Crippen LogP contribution in [0.2, 0.25) is 0 Å². The SMILES string of the molecule is C/C=C1/CN[C@H]2Cc3c([nH]c4ccccc34)C(=O)C[C@H]1[C@@H]2C(=O)OC.Cl. The number of methoxy groups -OCH3 is 1. The van der Waals surface area contributed by atoms with Crippen molar-refractivity contribution < 1.29 is 14.3 Å². The summed E-state index contributed by atoms with van der Waals surface area (Å²) in [6.45, 7) is 2.67. The molecule has 1 fully saturated rings. The molecule has 26 heavy (non-hydrogen) atoms. The second-order valence-electron chi connectivity index (χ2n) is 6.86. The van der Waals surface area contributed by atoms with Crippen LogP contribution in [0, 0.1) is 11.8 Å². The van der Waals surface area contributed by atoms with Crippen molar-refractivity contribution in [3.63, 3.8) is 0 Å². The number of esters is 1. The number of rotatable bonds is 1. The van der Waals surface area contributed by atoms with Crippen molar-refractivity contribution in [1.82, 2.24) is 10.3 Å². The molecule has 0 saturated carbocycles. The molecule has 1 aromatic heterocycles. The van der Waals surface area contributed by atoms with Crippen LogP contribution >= 0.6 is 12.4 Å². The van der Waals surface area contributed by atoms with E-state index < -0.39 is 0 Å². The first-order chi connectivity index (χ1) is 12.1. The lowest BCUT2D eigenvalue weighted by molar-refractivity contribution is -0.148. The number of aromatic amines is 1. The summed E-state index contributed by atoms with van der Waals surface area (Å²) >= 11 is 0. The summed E-state index contributed by atoms with van der Waals surface area (Å²) in [6.07, 6.45) is 2.99. The number of carbonyl (C=O) groups is 2. The minimum Gasteiger partial charge on any atom is -0.469 e. The third kappa shape index (κ3) is 2.85. The van der Waals surface area contributed by atoms with E-state index in [1.807, 2.05) is 37.3 Å². The van der Waals surface area contributed by atoms with Gasteiger partial charge in [0.25, 0.3) is 0 Å². The monoisotopic (exact) mass is 374 g/mol. The van der Waals surface area contributed by atoms with Gasteiger partial charge in [-0.15, -0.1) is 12.4 Å². The summed E-state index contributed by atoms with van der Waals surface area (Å²) in [7, 11) is 1.42. The van der Waals surface area contributed by atoms with Gasteiger partial charge in [0.15, 0.2) is 5.78 Å². The van der Waals surface area contributed by atoms with Crippen molar-refractivity contribution >= 4 is 35.1 Å². The van der Waals surface area contributed by atoms with Gasteiger partial charge >= 0.3 is 5.97 Å². The Morgan fingerprint density at radius 1 is 1.27 bits per heavy atom. The quantitative estimate of drug-likeness (QED) is 0.594. The maximum Gasteiger partial charge on any atom is 0.310 e. The van der Waals surface area contributed by atoms with Gasteiger partial charge in [-0.2, -0.15) is 0 Å². The first-order valence-corrected chi connectivity index (χ1v) is 8.73. The number of hydrogen-bond acceptors (Lipinski definition) is 4. The van der Waals surface area contributed by atoms with Crippen molar-refractivity contribution in [3.05, 3.63) is 47.2 Å². The van der Waals surface area contributed by atoms with Gasteiger partial charge in [-0.05, 0) is 25.0 Å². The number of ketones is 1. The molecule has 0 amide bonds. The molecule has 0 unspecified atom stereocenters. The molecule has 2 aliphatic rings. The second kappa shape index (κ2) is 7.25. The molecule has 4 rings (SSSR count). The molecule has 1 aromatic carbocycles. The fraction of sp³-hybridized carbons (Fsp3) is 0.400. The second-order valence-corrected chi connectivity index (χ2v) is 6.86. The maximum atomic E-state index is 13.0. The number of hydrogen-bond donors (Lipinski definition) is 2. The topological polar surface area (TPSA) is 71.2 Å². The Morgan fingerprint density at radius 2 is 2.04 bits per heavy atom. The zero-order chi connectivity index (χ0) is 17.6. The highest BCUT2D eigenvalue weighted by Crippen LogP contribution is 2.38. The van der Waals surface area contributed by atoms with Crippen LogP contribution in [0.25, 0.3) is 10.9 Å². The van der Waals surface area contributed by atoms with Gasteiger partial charge in [-0.3, -0.25) is 9.59 Å². The van der Waals surface area contributed by atoms with E-state index in [-0.39, 0.29) is 42.0 Å². The Bertz CT molecular complexity index is 886. The van der Waals surface area contributed by atoms with E-state index in [1.54, 1.807) is 0 Å². The van der Waals surface area contributed by atoms with Crippen LogP contribution in [0.1, 0.15) is 29.4 Å². The number of piperidine rings is 1. The number of ether oxygens (including phenoxy) is 1. The number of Topliss-reactive ketones (excluding diaryl/α,β-unsaturated/α-hetero) is 1. The average Bonchev–Trinajstić information content (AvgIpc) is 2.99. The first kappa shape index (κ1) is 18.7. The summed E-state index contributed by atoms with van der Waals surface area (Å²) in [6, 6.07) is 7.92. The first-order valence-electron chi connectivity index (χ1n) is 8.73. The normalized spacial score (nSPS) is 26.6. The minimum absolute atomic E-state index is 0. The van der Waals surface area contributed by atoms with Crippen LogP contribution in [0.3, 0.4) is 0 Å². The Morgan fingerprint density at radius 3 is 2.77 bits per heavy atom. The van der Waals surface area contributed by atoms with Gasteiger partial charge in [-0.25, -0.2) is 0 Å². The Labute approximate surface area is 158 Å². The van der Waals surface area contributed by atoms with Gasteiger partial charge in [0.2, 0.25) is 0 Å². The number of aromatic nitrogens is 1. The van der Waals surface area contributed by atoms with Gasteiger partial charge in [-0.1, -0.05) is 29.8 Å². The fourth-order valence-corrected chi connectivity index (χ4v) is 4.43. The lowest BCUT2D eigenvalue weighted by Gasteiger charge is -2.40. The van der Waals surface area contributed by atoms with Crippen LogP contribution in [-0.2, 0) is 16.0 Å². The summed E-state index contributed by atoms with van der Waals surface area (Å²) < 4.78 is 5.08. The molecule has 1 saturated heterocycles. The predicted molar refractivity (Wildman–Crippen MR) is 103 cm³/mol. The molecule has 2 bridgehead atoms. The van der Waals surface area contributed by atoms with E-state index in [1.165, 1.54) is 7.11 Å². The van der Waals surface area contributed by atoms with E-state index in [9.17, 15) is 9.59 Å². The third-order valence-corrected chi connectivity index (χ3v) is 5.68. The summed E-state index contributed by atoms with van der Waals surface area (Å²) in [5, 5.41) is 4.56. The summed E-state index contributed by atoms with van der Waals surface area (Å²) in [4.78, 5) is 28.8. The molecule has 2 aromatic rings. The van der Waals surface area contributed by atoms with E-state index >= 15 is 0 Å². The number of carbonyl (C=O) groups excluding carboxylic acids is 2. The lowest BCUT2D eigenvalue weighted by Crippen LogP contribution is -2.53. The smallest absolute Gasteiger partial charge is 0.310 e. The van der Waals surface area contributed by atoms with E-state index in [2.05, 4.69) is 10.3 Å². The molecule has 0 radical (unpaired) electrons. The molecule has 1 aliphatic carbocycles. The van der Waals surface area contributed by atoms with Crippen molar-refractivity contribution in [2.24, 2.45) is 11.8 Å². The number of halogens is 1. The highest BCUT2D eigenvalue weighted by molar-refractivity contribution is 6.03. The number of fused-ring (bicyclic) bond motifs is 5. The largest absolute Gasteiger partial charge is 0.469 e. The molecular weight excluding hydrogens is 352 g/mol. The predicted octanol–water partition coefficient (Wildman–Crippen LogP) is 3.04. The number of allylic oxidation sites excluding steroid dienone is 1. The minimum atomic E-state index is -0.337. The third-order valence-electron chi connectivity index (χ3n) is 5.68. The zero-order valence-corrected chi connectivity index (χ0v) is 15.7. The Kier molecular flexibility index (Phi) is 5.21. The molecule has 3 atom stereocenters. The van der Waals surface area contributed by atoms with E-state index in [0.29, 0.717) is 25.1 Å². The van der Waals surface area contributed by atoms with Crippen LogP contribution < -0.4 is 5.32 Å². The Hall–Kier alpha value is -2.11. The standard InChI is InChI=1S/C20H22N2O3.ClH/c1-3-11-10-21-16-8-14-12-6-4-5-7-15(12)22-19(14)17(23)9-13(11)18(16)20(24)25-2;/h3-7,13,16,18,21-22H,8-10H2,1-2H3;1H/b11-3-;/t13-,16+,18+;/m1./s1. The van der Waals surface area contributed by atoms with Crippen molar-refractivity contribution in [2.75, 3.05) is 13.7 Å². The van der Waals surface area contributed by atoms with Crippen molar-refractivity contribution in [1.29, 1.82) is 0 Å². The lowest BCUT2D eigenvalue weighted by atomic mass is 9.71. The van der Waals surface area contributed by atoms with Crippen LogP contribution in [-0.4, -0.2) is 36.4 Å². The molecule has 0 spiro atoms. The van der Waals surface area contributed by atoms with Gasteiger partial charge in [0, 0.05) is 35.8 Å². The molecule has 5 nitrogen and oxygen atoms in total. The molecule has 138 valence electrons. The summed E-state index contributed by atoms with van der Waals surface area (Å²) in [5.74, 6) is -0.603. The maximum absolute atomic E-state index is 13.0. The van der Waals surface area contributed by atoms with Crippen molar-refractivity contribution in [2.45, 2.75) is 25.8 Å². The van der Waals surface area contributed by atoms with Crippen LogP contribution in [0.5, 0.6) is 0 Å². The highest BCUT2D eigenvalue weighted by Gasteiger charge is 2.44. The molecular formula is C20H23ClN2O3. The molecule has 1 aliphatic heterocycles.